The highest BCUT2D eigenvalue weighted by Crippen LogP contribution is 2.25. The van der Waals surface area contributed by atoms with E-state index in [0.717, 1.165) is 30.6 Å². The number of amides is 1. The number of para-hydroxylation sites is 1. The first kappa shape index (κ1) is 17.3. The quantitative estimate of drug-likeness (QED) is 0.779. The van der Waals surface area contributed by atoms with Gasteiger partial charge in [0.1, 0.15) is 5.82 Å². The lowest BCUT2D eigenvalue weighted by Gasteiger charge is -2.31. The van der Waals surface area contributed by atoms with Gasteiger partial charge in [0.25, 0.3) is 5.91 Å². The van der Waals surface area contributed by atoms with Crippen molar-refractivity contribution in [3.63, 3.8) is 0 Å². The van der Waals surface area contributed by atoms with Crippen LogP contribution in [0.3, 0.4) is 0 Å². The molecule has 138 valence electrons. The molecule has 3 aromatic rings. The molecule has 0 bridgehead atoms. The van der Waals surface area contributed by atoms with Crippen LogP contribution in [0, 0.1) is 6.92 Å². The zero-order valence-corrected chi connectivity index (χ0v) is 15.3. The monoisotopic (exact) mass is 362 g/mol. The average molecular weight is 362 g/mol. The van der Waals surface area contributed by atoms with Crippen LogP contribution in [0.25, 0.3) is 5.69 Å². The number of nitrogens with one attached hydrogen (secondary N) is 1. The fraction of sp³-hybridized carbons (Fsp3) is 0.286. The van der Waals surface area contributed by atoms with Gasteiger partial charge in [-0.3, -0.25) is 9.78 Å². The standard InChI is InChI=1S/C21H22N4O2/c1-15-9-11-16(12-10-15)20(26)24-13-5-6-17(14-24)19-22-21(27)25(23-19)18-7-3-2-4-8-18/h2-4,7-12,17H,5-6,13-14H2,1H3,(H,22,23,27). The minimum atomic E-state index is -0.252. The largest absolute Gasteiger partial charge is 0.348 e. The van der Waals surface area contributed by atoms with Crippen LogP contribution >= 0.6 is 0 Å². The summed E-state index contributed by atoms with van der Waals surface area (Å²) < 4.78 is 1.38. The number of carbonyl (C=O) groups excluding carboxylic acids is 1. The Morgan fingerprint density at radius 1 is 1.11 bits per heavy atom. The molecule has 1 amide bonds. The average Bonchev–Trinajstić information content (AvgIpc) is 3.10. The Morgan fingerprint density at radius 2 is 1.85 bits per heavy atom. The van der Waals surface area contributed by atoms with Crippen LogP contribution in [0.15, 0.2) is 59.4 Å². The van der Waals surface area contributed by atoms with Crippen LogP contribution in [0.1, 0.15) is 40.5 Å². The van der Waals surface area contributed by atoms with E-state index in [1.807, 2.05) is 66.4 Å². The highest BCUT2D eigenvalue weighted by molar-refractivity contribution is 5.94. The van der Waals surface area contributed by atoms with Crippen molar-refractivity contribution >= 4 is 5.91 Å². The van der Waals surface area contributed by atoms with Crippen molar-refractivity contribution in [2.24, 2.45) is 0 Å². The van der Waals surface area contributed by atoms with Gasteiger partial charge in [0, 0.05) is 24.6 Å². The summed E-state index contributed by atoms with van der Waals surface area (Å²) in [6.45, 7) is 3.30. The highest BCUT2D eigenvalue weighted by Gasteiger charge is 2.28. The van der Waals surface area contributed by atoms with E-state index in [0.29, 0.717) is 17.9 Å². The Balaban J connectivity index is 1.54. The Labute approximate surface area is 157 Å². The van der Waals surface area contributed by atoms with Crippen molar-refractivity contribution in [3.8, 4) is 5.69 Å². The van der Waals surface area contributed by atoms with Crippen molar-refractivity contribution in [3.05, 3.63) is 82.0 Å². The van der Waals surface area contributed by atoms with Gasteiger partial charge in [0.05, 0.1) is 5.69 Å². The van der Waals surface area contributed by atoms with Gasteiger partial charge in [-0.15, -0.1) is 5.10 Å². The molecule has 1 aliphatic rings. The molecule has 0 spiro atoms. The molecule has 4 rings (SSSR count). The summed E-state index contributed by atoms with van der Waals surface area (Å²) in [5.74, 6) is 0.709. The van der Waals surface area contributed by atoms with E-state index in [-0.39, 0.29) is 17.5 Å². The van der Waals surface area contributed by atoms with Gasteiger partial charge in [-0.25, -0.2) is 4.79 Å². The van der Waals surface area contributed by atoms with Gasteiger partial charge in [0.2, 0.25) is 0 Å². The number of aromatic nitrogens is 3. The van der Waals surface area contributed by atoms with E-state index in [9.17, 15) is 9.59 Å². The number of benzene rings is 2. The van der Waals surface area contributed by atoms with Gasteiger partial charge in [-0.1, -0.05) is 35.9 Å². The molecule has 6 nitrogen and oxygen atoms in total. The number of nitrogens with zero attached hydrogens (tertiary/aromatic N) is 3. The lowest BCUT2D eigenvalue weighted by molar-refractivity contribution is 0.0704. The number of H-pyrrole nitrogens is 1. The Bertz CT molecular complexity index is 989. The predicted molar refractivity (Wildman–Crippen MR) is 103 cm³/mol. The first-order valence-corrected chi connectivity index (χ1v) is 9.22. The van der Waals surface area contributed by atoms with Crippen molar-refractivity contribution < 1.29 is 4.79 Å². The van der Waals surface area contributed by atoms with E-state index in [2.05, 4.69) is 10.1 Å². The van der Waals surface area contributed by atoms with Crippen LogP contribution in [-0.4, -0.2) is 38.7 Å². The topological polar surface area (TPSA) is 71.0 Å². The van der Waals surface area contributed by atoms with Crippen molar-refractivity contribution in [1.29, 1.82) is 0 Å². The third-order valence-electron chi connectivity index (χ3n) is 5.03. The van der Waals surface area contributed by atoms with Gasteiger partial charge >= 0.3 is 5.69 Å². The lowest BCUT2D eigenvalue weighted by atomic mass is 9.96. The molecule has 0 saturated carbocycles. The minimum Gasteiger partial charge on any atom is -0.338 e. The van der Waals surface area contributed by atoms with Crippen molar-refractivity contribution in [1.82, 2.24) is 19.7 Å². The molecule has 0 radical (unpaired) electrons. The normalized spacial score (nSPS) is 17.1. The number of carbonyl (C=O) groups is 1. The van der Waals surface area contributed by atoms with Gasteiger partial charge in [-0.2, -0.15) is 4.68 Å². The summed E-state index contributed by atoms with van der Waals surface area (Å²) >= 11 is 0. The van der Waals surface area contributed by atoms with E-state index in [1.54, 1.807) is 0 Å². The van der Waals surface area contributed by atoms with Crippen LogP contribution in [0.5, 0.6) is 0 Å². The molecular weight excluding hydrogens is 340 g/mol. The smallest absolute Gasteiger partial charge is 0.338 e. The maximum Gasteiger partial charge on any atom is 0.348 e. The summed E-state index contributed by atoms with van der Waals surface area (Å²) in [6, 6.07) is 17.0. The number of aryl methyl sites for hydroxylation is 1. The molecule has 1 aromatic heterocycles. The third-order valence-corrected chi connectivity index (χ3v) is 5.03. The number of hydrogen-bond donors (Lipinski definition) is 1. The second-order valence-corrected chi connectivity index (χ2v) is 7.02. The van der Waals surface area contributed by atoms with Crippen molar-refractivity contribution in [2.45, 2.75) is 25.7 Å². The van der Waals surface area contributed by atoms with Gasteiger partial charge in [-0.05, 0) is 44.0 Å². The number of rotatable bonds is 3. The maximum atomic E-state index is 12.8. The van der Waals surface area contributed by atoms with E-state index >= 15 is 0 Å². The summed E-state index contributed by atoms with van der Waals surface area (Å²) in [5, 5.41) is 4.49. The Morgan fingerprint density at radius 3 is 2.59 bits per heavy atom. The summed E-state index contributed by atoms with van der Waals surface area (Å²) in [4.78, 5) is 29.9. The number of likely N-dealkylation sites (tertiary alicyclic amines) is 1. The molecule has 1 fully saturated rings. The lowest BCUT2D eigenvalue weighted by Crippen LogP contribution is -2.39. The molecule has 0 aliphatic carbocycles. The second kappa shape index (κ2) is 7.23. The maximum absolute atomic E-state index is 12.8. The molecule has 2 aromatic carbocycles. The Kier molecular flexibility index (Phi) is 4.62. The predicted octanol–water partition coefficient (Wildman–Crippen LogP) is 2.89. The molecule has 6 heteroatoms. The number of hydrogen-bond acceptors (Lipinski definition) is 3. The summed E-state index contributed by atoms with van der Waals surface area (Å²) in [6.07, 6.45) is 1.79. The SMILES string of the molecule is Cc1ccc(C(=O)N2CCCC(c3nn(-c4ccccc4)c(=O)[nH]3)C2)cc1. The number of piperidine rings is 1. The number of aromatic amines is 1. The van der Waals surface area contributed by atoms with Crippen LogP contribution in [0.2, 0.25) is 0 Å². The first-order valence-electron chi connectivity index (χ1n) is 9.22. The molecule has 27 heavy (non-hydrogen) atoms. The van der Waals surface area contributed by atoms with Gasteiger partial charge in [0.15, 0.2) is 0 Å². The van der Waals surface area contributed by atoms with Crippen LogP contribution in [0.4, 0.5) is 0 Å². The first-order chi connectivity index (χ1) is 13.1. The van der Waals surface area contributed by atoms with Crippen LogP contribution < -0.4 is 5.69 Å². The molecular formula is C21H22N4O2. The highest BCUT2D eigenvalue weighted by atomic mass is 16.2. The molecule has 1 saturated heterocycles. The second-order valence-electron chi connectivity index (χ2n) is 7.02. The minimum absolute atomic E-state index is 0.0320. The molecule has 1 atom stereocenters. The molecule has 1 unspecified atom stereocenters. The van der Waals surface area contributed by atoms with E-state index < -0.39 is 0 Å². The van der Waals surface area contributed by atoms with Crippen LogP contribution in [-0.2, 0) is 0 Å². The summed E-state index contributed by atoms with van der Waals surface area (Å²) in [7, 11) is 0. The van der Waals surface area contributed by atoms with Gasteiger partial charge < -0.3 is 4.90 Å². The summed E-state index contributed by atoms with van der Waals surface area (Å²) in [5.41, 5.74) is 2.31. The van der Waals surface area contributed by atoms with Crippen molar-refractivity contribution in [2.75, 3.05) is 13.1 Å². The Hall–Kier alpha value is -3.15. The zero-order valence-electron chi connectivity index (χ0n) is 15.3. The third kappa shape index (κ3) is 3.56. The zero-order chi connectivity index (χ0) is 18.8. The van der Waals surface area contributed by atoms with E-state index in [4.69, 9.17) is 0 Å². The molecule has 2 heterocycles. The molecule has 1 N–H and O–H groups in total. The fourth-order valence-electron chi connectivity index (χ4n) is 3.53. The molecule has 1 aliphatic heterocycles. The van der Waals surface area contributed by atoms with E-state index in [1.165, 1.54) is 4.68 Å². The fourth-order valence-corrected chi connectivity index (χ4v) is 3.53.